The Morgan fingerprint density at radius 3 is 2.71 bits per heavy atom. The van der Waals surface area contributed by atoms with Crippen LogP contribution in [0.1, 0.15) is 0 Å². The van der Waals surface area contributed by atoms with Crippen molar-refractivity contribution in [3.63, 3.8) is 0 Å². The fourth-order valence-electron chi connectivity index (χ4n) is 1.24. The van der Waals surface area contributed by atoms with Crippen molar-refractivity contribution in [1.29, 1.82) is 0 Å². The zero-order valence-corrected chi connectivity index (χ0v) is 9.40. The van der Waals surface area contributed by atoms with Crippen molar-refractivity contribution in [3.05, 3.63) is 30.5 Å². The maximum Gasteiger partial charge on any atom is 0.278 e. The molecular formula is C9H10N4O3S. The van der Waals surface area contributed by atoms with Gasteiger partial charge in [0.15, 0.2) is 5.03 Å². The van der Waals surface area contributed by atoms with E-state index in [1.165, 1.54) is 30.5 Å². The van der Waals surface area contributed by atoms with Crippen LogP contribution in [0.2, 0.25) is 0 Å². The van der Waals surface area contributed by atoms with E-state index in [1.54, 1.807) is 0 Å². The topological polar surface area (TPSA) is 121 Å². The van der Waals surface area contributed by atoms with Gasteiger partial charge < -0.3 is 10.8 Å². The standard InChI is InChI=1S/C9H10N4O3S/c10-7-5-6(14)1-2-8(7)13-17(15,16)9-3-4-11-12-9/h1-5,13-14H,10H2,(H,11,12). The number of aromatic amines is 1. The minimum Gasteiger partial charge on any atom is -0.508 e. The van der Waals surface area contributed by atoms with Gasteiger partial charge in [0.2, 0.25) is 0 Å². The third-order valence-corrected chi connectivity index (χ3v) is 3.34. The number of hydrogen-bond donors (Lipinski definition) is 4. The molecule has 0 atom stereocenters. The Hall–Kier alpha value is -2.22. The number of benzene rings is 1. The molecule has 0 unspecified atom stereocenters. The number of hydrogen-bond acceptors (Lipinski definition) is 5. The van der Waals surface area contributed by atoms with Gasteiger partial charge in [-0.15, -0.1) is 0 Å². The molecule has 8 heteroatoms. The number of aromatic nitrogens is 2. The van der Waals surface area contributed by atoms with Crippen LogP contribution in [0.4, 0.5) is 11.4 Å². The highest BCUT2D eigenvalue weighted by Crippen LogP contribution is 2.25. The van der Waals surface area contributed by atoms with Crippen molar-refractivity contribution in [2.45, 2.75) is 5.03 Å². The van der Waals surface area contributed by atoms with Gasteiger partial charge in [-0.1, -0.05) is 0 Å². The van der Waals surface area contributed by atoms with Crippen LogP contribution < -0.4 is 10.5 Å². The van der Waals surface area contributed by atoms with Gasteiger partial charge in [0.1, 0.15) is 5.75 Å². The monoisotopic (exact) mass is 254 g/mol. The zero-order chi connectivity index (χ0) is 12.5. The lowest BCUT2D eigenvalue weighted by Crippen LogP contribution is -2.14. The number of phenols is 1. The van der Waals surface area contributed by atoms with Crippen LogP contribution in [-0.2, 0) is 10.0 Å². The van der Waals surface area contributed by atoms with E-state index in [0.717, 1.165) is 0 Å². The Morgan fingerprint density at radius 1 is 1.35 bits per heavy atom. The van der Waals surface area contributed by atoms with Crippen LogP contribution in [0.3, 0.4) is 0 Å². The quantitative estimate of drug-likeness (QED) is 0.469. The first kappa shape index (κ1) is 11.3. The van der Waals surface area contributed by atoms with E-state index in [-0.39, 0.29) is 22.2 Å². The van der Waals surface area contributed by atoms with Gasteiger partial charge in [-0.25, -0.2) is 0 Å². The predicted octanol–water partition coefficient (Wildman–Crippen LogP) is 0.498. The second-order valence-electron chi connectivity index (χ2n) is 3.30. The Morgan fingerprint density at radius 2 is 2.12 bits per heavy atom. The number of sulfonamides is 1. The van der Waals surface area contributed by atoms with Gasteiger partial charge in [0.25, 0.3) is 10.0 Å². The van der Waals surface area contributed by atoms with E-state index in [2.05, 4.69) is 14.9 Å². The number of rotatable bonds is 3. The molecular weight excluding hydrogens is 244 g/mol. The van der Waals surface area contributed by atoms with Crippen molar-refractivity contribution in [1.82, 2.24) is 10.2 Å². The van der Waals surface area contributed by atoms with Gasteiger partial charge in [-0.05, 0) is 18.2 Å². The lowest BCUT2D eigenvalue weighted by atomic mass is 10.2. The van der Waals surface area contributed by atoms with E-state index in [1.807, 2.05) is 0 Å². The largest absolute Gasteiger partial charge is 0.508 e. The highest BCUT2D eigenvalue weighted by atomic mass is 32.2. The third kappa shape index (κ3) is 2.31. The number of nitrogens with one attached hydrogen (secondary N) is 2. The minimum atomic E-state index is -3.74. The van der Waals surface area contributed by atoms with Crippen LogP contribution >= 0.6 is 0 Å². The molecule has 0 amide bonds. The second-order valence-corrected chi connectivity index (χ2v) is 4.95. The molecule has 1 heterocycles. The molecule has 0 saturated carbocycles. The number of aromatic hydroxyl groups is 1. The molecule has 1 aromatic carbocycles. The van der Waals surface area contributed by atoms with Crippen molar-refractivity contribution in [2.24, 2.45) is 0 Å². The maximum atomic E-state index is 11.8. The van der Waals surface area contributed by atoms with Crippen LogP contribution in [-0.4, -0.2) is 23.7 Å². The van der Waals surface area contributed by atoms with E-state index in [0.29, 0.717) is 0 Å². The average molecular weight is 254 g/mol. The smallest absolute Gasteiger partial charge is 0.278 e. The first-order chi connectivity index (χ1) is 7.99. The lowest BCUT2D eigenvalue weighted by molar-refractivity contribution is 0.475. The molecule has 90 valence electrons. The minimum absolute atomic E-state index is 0.0352. The van der Waals surface area contributed by atoms with Crippen molar-refractivity contribution in [3.8, 4) is 5.75 Å². The number of anilines is 2. The number of phenolic OH excluding ortho intramolecular Hbond substituents is 1. The Balaban J connectivity index is 2.33. The Kier molecular flexibility index (Phi) is 2.64. The highest BCUT2D eigenvalue weighted by Gasteiger charge is 2.16. The SMILES string of the molecule is Nc1cc(O)ccc1NS(=O)(=O)c1ccn[nH]1. The van der Waals surface area contributed by atoms with Crippen LogP contribution in [0.15, 0.2) is 35.5 Å². The number of nitrogen functional groups attached to an aromatic ring is 1. The first-order valence-corrected chi connectivity index (χ1v) is 6.08. The van der Waals surface area contributed by atoms with Crippen molar-refractivity contribution >= 4 is 21.4 Å². The zero-order valence-electron chi connectivity index (χ0n) is 8.58. The summed E-state index contributed by atoms with van der Waals surface area (Å²) < 4.78 is 25.9. The summed E-state index contributed by atoms with van der Waals surface area (Å²) in [6, 6.07) is 5.28. The van der Waals surface area contributed by atoms with Gasteiger partial charge in [-0.3, -0.25) is 9.82 Å². The fraction of sp³-hybridized carbons (Fsp3) is 0. The first-order valence-electron chi connectivity index (χ1n) is 4.60. The summed E-state index contributed by atoms with van der Waals surface area (Å²) in [5, 5.41) is 15.0. The Labute approximate surface area is 97.3 Å². The summed E-state index contributed by atoms with van der Waals surface area (Å²) in [7, 11) is -3.74. The lowest BCUT2D eigenvalue weighted by Gasteiger charge is -2.08. The molecule has 2 rings (SSSR count). The number of H-pyrrole nitrogens is 1. The Bertz CT molecular complexity index is 622. The van der Waals surface area contributed by atoms with E-state index >= 15 is 0 Å². The molecule has 17 heavy (non-hydrogen) atoms. The molecule has 0 aliphatic carbocycles. The molecule has 1 aromatic heterocycles. The summed E-state index contributed by atoms with van der Waals surface area (Å²) in [5.74, 6) is -0.0352. The average Bonchev–Trinajstić information content (AvgIpc) is 2.76. The molecule has 0 spiro atoms. The molecule has 0 fully saturated rings. The maximum absolute atomic E-state index is 11.8. The van der Waals surface area contributed by atoms with Crippen LogP contribution in [0.5, 0.6) is 5.75 Å². The number of nitrogens with two attached hydrogens (primary N) is 1. The van der Waals surface area contributed by atoms with Crippen molar-refractivity contribution in [2.75, 3.05) is 10.5 Å². The predicted molar refractivity (Wildman–Crippen MR) is 61.9 cm³/mol. The molecule has 0 aliphatic rings. The summed E-state index contributed by atoms with van der Waals surface area (Å²) in [5.41, 5.74) is 5.89. The molecule has 0 aliphatic heterocycles. The molecule has 5 N–H and O–H groups in total. The highest BCUT2D eigenvalue weighted by molar-refractivity contribution is 7.92. The van der Waals surface area contributed by atoms with Gasteiger partial charge >= 0.3 is 0 Å². The van der Waals surface area contributed by atoms with Crippen molar-refractivity contribution < 1.29 is 13.5 Å². The van der Waals surface area contributed by atoms with E-state index in [4.69, 9.17) is 10.8 Å². The third-order valence-electron chi connectivity index (χ3n) is 2.04. The molecule has 7 nitrogen and oxygen atoms in total. The van der Waals surface area contributed by atoms with Crippen LogP contribution in [0.25, 0.3) is 0 Å². The molecule has 2 aromatic rings. The van der Waals surface area contributed by atoms with Gasteiger partial charge in [0, 0.05) is 6.07 Å². The van der Waals surface area contributed by atoms with Crippen LogP contribution in [0, 0.1) is 0 Å². The normalized spacial score (nSPS) is 11.3. The van der Waals surface area contributed by atoms with E-state index in [9.17, 15) is 8.42 Å². The molecule has 0 saturated heterocycles. The summed E-state index contributed by atoms with van der Waals surface area (Å²) in [6.45, 7) is 0. The van der Waals surface area contributed by atoms with Gasteiger partial charge in [-0.2, -0.15) is 13.5 Å². The summed E-state index contributed by atoms with van der Waals surface area (Å²) >= 11 is 0. The van der Waals surface area contributed by atoms with E-state index < -0.39 is 10.0 Å². The van der Waals surface area contributed by atoms with Gasteiger partial charge in [0.05, 0.1) is 17.6 Å². The fourth-order valence-corrected chi connectivity index (χ4v) is 2.23. The second kappa shape index (κ2) is 3.98. The summed E-state index contributed by atoms with van der Waals surface area (Å²) in [6.07, 6.45) is 1.33. The summed E-state index contributed by atoms with van der Waals surface area (Å²) in [4.78, 5) is 0. The molecule has 0 radical (unpaired) electrons. The number of nitrogens with zero attached hydrogens (tertiary/aromatic N) is 1. The molecule has 0 bridgehead atoms.